The zero-order valence-electron chi connectivity index (χ0n) is 11.9. The molecule has 0 spiro atoms. The molecule has 1 aromatic rings. The Kier molecular flexibility index (Phi) is 5.19. The van der Waals surface area contributed by atoms with Crippen molar-refractivity contribution in [1.29, 1.82) is 0 Å². The number of nitrogens with zero attached hydrogens (tertiary/aromatic N) is 1. The van der Waals surface area contributed by atoms with Crippen LogP contribution in [0.2, 0.25) is 0 Å². The van der Waals surface area contributed by atoms with E-state index in [1.165, 1.54) is 42.0 Å². The number of aromatic nitrogens is 1. The molecule has 0 saturated heterocycles. The molecule has 1 fully saturated rings. The maximum Gasteiger partial charge on any atom is 0.107 e. The predicted octanol–water partition coefficient (Wildman–Crippen LogP) is 4.15. The molecule has 1 aliphatic carbocycles. The second-order valence-corrected chi connectivity index (χ2v) is 7.42. The van der Waals surface area contributed by atoms with Crippen LogP contribution in [-0.4, -0.2) is 11.0 Å². The van der Waals surface area contributed by atoms with Gasteiger partial charge in [-0.05, 0) is 38.0 Å². The highest BCUT2D eigenvalue weighted by atomic mass is 32.1. The molecule has 3 heteroatoms. The fraction of sp³-hybridized carbons (Fsp3) is 0.800. The first kappa shape index (κ1) is 14.0. The molecule has 0 aliphatic heterocycles. The third kappa shape index (κ3) is 4.36. The van der Waals surface area contributed by atoms with Crippen LogP contribution in [-0.2, 0) is 6.54 Å². The summed E-state index contributed by atoms with van der Waals surface area (Å²) in [6, 6.07) is 0.715. The van der Waals surface area contributed by atoms with E-state index < -0.39 is 0 Å². The molecular weight excluding hydrogens is 240 g/mol. The number of thiazole rings is 1. The molecule has 102 valence electrons. The Morgan fingerprint density at radius 3 is 2.94 bits per heavy atom. The summed E-state index contributed by atoms with van der Waals surface area (Å²) in [6.07, 6.45) is 8.92. The fourth-order valence-electron chi connectivity index (χ4n) is 3.07. The summed E-state index contributed by atoms with van der Waals surface area (Å²) >= 11 is 1.81. The summed E-state index contributed by atoms with van der Waals surface area (Å²) < 4.78 is 0. The summed E-state index contributed by atoms with van der Waals surface area (Å²) in [4.78, 5) is 5.74. The van der Waals surface area contributed by atoms with Gasteiger partial charge in [0, 0.05) is 23.7 Å². The SMILES string of the molecule is Cc1cnc(CNC2CCCC(CC(C)C)C2)s1. The maximum atomic E-state index is 4.42. The number of hydrogen-bond acceptors (Lipinski definition) is 3. The van der Waals surface area contributed by atoms with E-state index in [4.69, 9.17) is 0 Å². The molecule has 0 radical (unpaired) electrons. The second kappa shape index (κ2) is 6.67. The molecule has 2 nitrogen and oxygen atoms in total. The van der Waals surface area contributed by atoms with Crippen molar-refractivity contribution in [2.24, 2.45) is 11.8 Å². The van der Waals surface area contributed by atoms with E-state index in [1.807, 2.05) is 17.5 Å². The standard InChI is InChI=1S/C15H26N2S/c1-11(2)7-13-5-4-6-14(8-13)16-10-15-17-9-12(3)18-15/h9,11,13-14,16H,4-8,10H2,1-3H3. The van der Waals surface area contributed by atoms with Gasteiger partial charge < -0.3 is 5.32 Å². The van der Waals surface area contributed by atoms with Gasteiger partial charge in [-0.25, -0.2) is 4.98 Å². The van der Waals surface area contributed by atoms with Gasteiger partial charge in [-0.15, -0.1) is 11.3 Å². The van der Waals surface area contributed by atoms with Crippen LogP contribution in [0.3, 0.4) is 0 Å². The first-order valence-corrected chi connectivity index (χ1v) is 8.10. The van der Waals surface area contributed by atoms with Crippen molar-refractivity contribution in [3.8, 4) is 0 Å². The van der Waals surface area contributed by atoms with Gasteiger partial charge in [0.1, 0.15) is 5.01 Å². The third-order valence-electron chi connectivity index (χ3n) is 3.80. The Morgan fingerprint density at radius 2 is 2.28 bits per heavy atom. The number of aryl methyl sites for hydroxylation is 1. The summed E-state index contributed by atoms with van der Waals surface area (Å²) in [5.74, 6) is 1.78. The zero-order valence-corrected chi connectivity index (χ0v) is 12.7. The lowest BCUT2D eigenvalue weighted by atomic mass is 9.81. The van der Waals surface area contributed by atoms with Crippen molar-refractivity contribution in [2.75, 3.05) is 0 Å². The highest BCUT2D eigenvalue weighted by Crippen LogP contribution is 2.29. The average molecular weight is 266 g/mol. The van der Waals surface area contributed by atoms with Crippen LogP contribution in [0.25, 0.3) is 0 Å². The van der Waals surface area contributed by atoms with E-state index in [0.29, 0.717) is 6.04 Å². The van der Waals surface area contributed by atoms with E-state index in [0.717, 1.165) is 18.4 Å². The maximum absolute atomic E-state index is 4.42. The van der Waals surface area contributed by atoms with Crippen LogP contribution in [0, 0.1) is 18.8 Å². The molecule has 2 atom stereocenters. The van der Waals surface area contributed by atoms with Crippen molar-refractivity contribution in [3.63, 3.8) is 0 Å². The topological polar surface area (TPSA) is 24.9 Å². The molecule has 0 amide bonds. The van der Waals surface area contributed by atoms with Gasteiger partial charge in [-0.1, -0.05) is 26.7 Å². The van der Waals surface area contributed by atoms with Crippen LogP contribution in [0.1, 0.15) is 55.8 Å². The Labute approximate surface area is 115 Å². The van der Waals surface area contributed by atoms with Gasteiger partial charge in [0.05, 0.1) is 0 Å². The molecule has 1 aromatic heterocycles. The normalized spacial score (nSPS) is 24.7. The molecule has 0 aromatic carbocycles. The summed E-state index contributed by atoms with van der Waals surface area (Å²) in [6.45, 7) is 7.77. The second-order valence-electron chi connectivity index (χ2n) is 6.10. The predicted molar refractivity (Wildman–Crippen MR) is 78.9 cm³/mol. The van der Waals surface area contributed by atoms with Gasteiger partial charge >= 0.3 is 0 Å². The Hall–Kier alpha value is -0.410. The lowest BCUT2D eigenvalue weighted by Crippen LogP contribution is -2.34. The number of rotatable bonds is 5. The smallest absolute Gasteiger partial charge is 0.107 e. The van der Waals surface area contributed by atoms with Crippen molar-refractivity contribution < 1.29 is 0 Å². The van der Waals surface area contributed by atoms with E-state index >= 15 is 0 Å². The summed E-state index contributed by atoms with van der Waals surface area (Å²) in [5.41, 5.74) is 0. The molecular formula is C15H26N2S. The highest BCUT2D eigenvalue weighted by molar-refractivity contribution is 7.11. The molecule has 0 bridgehead atoms. The summed E-state index contributed by atoms with van der Waals surface area (Å²) in [5, 5.41) is 4.94. The Balaban J connectivity index is 1.75. The van der Waals surface area contributed by atoms with Crippen LogP contribution >= 0.6 is 11.3 Å². The van der Waals surface area contributed by atoms with Crippen molar-refractivity contribution in [3.05, 3.63) is 16.1 Å². The fourth-order valence-corrected chi connectivity index (χ4v) is 3.81. The Morgan fingerprint density at radius 1 is 1.44 bits per heavy atom. The molecule has 18 heavy (non-hydrogen) atoms. The summed E-state index contributed by atoms with van der Waals surface area (Å²) in [7, 11) is 0. The minimum atomic E-state index is 0.715. The van der Waals surface area contributed by atoms with Gasteiger partial charge in [0.2, 0.25) is 0 Å². The first-order valence-electron chi connectivity index (χ1n) is 7.28. The van der Waals surface area contributed by atoms with Crippen molar-refractivity contribution >= 4 is 11.3 Å². The quantitative estimate of drug-likeness (QED) is 0.866. The van der Waals surface area contributed by atoms with E-state index in [-0.39, 0.29) is 0 Å². The van der Waals surface area contributed by atoms with Crippen LogP contribution in [0.5, 0.6) is 0 Å². The van der Waals surface area contributed by atoms with Gasteiger partial charge in [0.15, 0.2) is 0 Å². The lowest BCUT2D eigenvalue weighted by Gasteiger charge is -2.30. The first-order chi connectivity index (χ1) is 8.63. The third-order valence-corrected chi connectivity index (χ3v) is 4.71. The van der Waals surface area contributed by atoms with Crippen LogP contribution in [0.15, 0.2) is 6.20 Å². The average Bonchev–Trinajstić information content (AvgIpc) is 2.72. The molecule has 2 rings (SSSR count). The van der Waals surface area contributed by atoms with Gasteiger partial charge in [-0.2, -0.15) is 0 Å². The van der Waals surface area contributed by atoms with E-state index in [9.17, 15) is 0 Å². The minimum absolute atomic E-state index is 0.715. The van der Waals surface area contributed by atoms with Gasteiger partial charge in [-0.3, -0.25) is 0 Å². The largest absolute Gasteiger partial charge is 0.308 e. The van der Waals surface area contributed by atoms with Crippen LogP contribution in [0.4, 0.5) is 0 Å². The van der Waals surface area contributed by atoms with Crippen molar-refractivity contribution in [2.45, 2.75) is 65.5 Å². The molecule has 1 heterocycles. The minimum Gasteiger partial charge on any atom is -0.308 e. The lowest BCUT2D eigenvalue weighted by molar-refractivity contribution is 0.252. The zero-order chi connectivity index (χ0) is 13.0. The van der Waals surface area contributed by atoms with Gasteiger partial charge in [0.25, 0.3) is 0 Å². The van der Waals surface area contributed by atoms with Crippen LogP contribution < -0.4 is 5.32 Å². The molecule has 2 unspecified atom stereocenters. The number of hydrogen-bond donors (Lipinski definition) is 1. The monoisotopic (exact) mass is 266 g/mol. The highest BCUT2D eigenvalue weighted by Gasteiger charge is 2.22. The van der Waals surface area contributed by atoms with Crippen molar-refractivity contribution in [1.82, 2.24) is 10.3 Å². The molecule has 1 N–H and O–H groups in total. The molecule has 1 aliphatic rings. The Bertz CT molecular complexity index is 359. The molecule has 1 saturated carbocycles. The number of nitrogens with one attached hydrogen (secondary N) is 1. The van der Waals surface area contributed by atoms with E-state index in [2.05, 4.69) is 31.1 Å². The van der Waals surface area contributed by atoms with E-state index in [1.54, 1.807) is 0 Å².